The van der Waals surface area contributed by atoms with Gasteiger partial charge in [-0.25, -0.2) is 18.4 Å². The van der Waals surface area contributed by atoms with Crippen molar-refractivity contribution in [2.75, 3.05) is 31.7 Å². The Morgan fingerprint density at radius 3 is 2.44 bits per heavy atom. The van der Waals surface area contributed by atoms with Gasteiger partial charge in [0.15, 0.2) is 15.5 Å². The summed E-state index contributed by atoms with van der Waals surface area (Å²) in [5.41, 5.74) is 9.71. The zero-order valence-electron chi connectivity index (χ0n) is 20.9. The van der Waals surface area contributed by atoms with Crippen LogP contribution < -0.4 is 15.9 Å². The van der Waals surface area contributed by atoms with Crippen LogP contribution in [0.15, 0.2) is 42.5 Å². The lowest BCUT2D eigenvalue weighted by Gasteiger charge is -2.26. The number of carbonyl (C=O) groups is 2. The molecule has 2 aromatic carbocycles. The monoisotopic (exact) mass is 589 g/mol. The third kappa shape index (κ3) is 6.91. The maximum Gasteiger partial charge on any atom is 0.289 e. The molecule has 0 spiro atoms. The third-order valence-corrected chi connectivity index (χ3v) is 8.03. The van der Waals surface area contributed by atoms with E-state index >= 15 is 0 Å². The lowest BCUT2D eigenvalue weighted by molar-refractivity contribution is -0.117. The first-order valence-electron chi connectivity index (χ1n) is 11.8. The van der Waals surface area contributed by atoms with Crippen LogP contribution in [-0.2, 0) is 14.6 Å². The van der Waals surface area contributed by atoms with Crippen LogP contribution in [0.25, 0.3) is 17.1 Å². The van der Waals surface area contributed by atoms with Crippen LogP contribution in [0.3, 0.4) is 0 Å². The van der Waals surface area contributed by atoms with Gasteiger partial charge in [0, 0.05) is 42.1 Å². The number of nitrogens with zero attached hydrogens (tertiary/aromatic N) is 3. The number of hydrazine groups is 1. The summed E-state index contributed by atoms with van der Waals surface area (Å²) >= 11 is 12.6. The van der Waals surface area contributed by atoms with Crippen LogP contribution in [0.1, 0.15) is 28.9 Å². The molecule has 3 aromatic rings. The van der Waals surface area contributed by atoms with E-state index in [4.69, 9.17) is 33.7 Å². The summed E-state index contributed by atoms with van der Waals surface area (Å²) in [6, 6.07) is 12.1. The molecule has 10 nitrogen and oxygen atoms in total. The molecule has 4 rings (SSSR count). The van der Waals surface area contributed by atoms with Crippen molar-refractivity contribution in [1.82, 2.24) is 20.0 Å². The Labute approximate surface area is 235 Å². The van der Waals surface area contributed by atoms with E-state index in [0.717, 1.165) is 0 Å². The predicted molar refractivity (Wildman–Crippen MR) is 149 cm³/mol. The highest BCUT2D eigenvalue weighted by atomic mass is 35.5. The van der Waals surface area contributed by atoms with E-state index in [2.05, 4.69) is 22.3 Å². The summed E-state index contributed by atoms with van der Waals surface area (Å²) in [6.45, 7) is 0.323. The van der Waals surface area contributed by atoms with Gasteiger partial charge in [0.2, 0.25) is 11.8 Å². The Balaban J connectivity index is 1.73. The normalized spacial score (nSPS) is 14.7. The zero-order valence-corrected chi connectivity index (χ0v) is 23.2. The number of imidazole rings is 1. The van der Waals surface area contributed by atoms with Crippen LogP contribution in [0, 0.1) is 11.8 Å². The number of amides is 2. The molecule has 2 heterocycles. The van der Waals surface area contributed by atoms with Crippen LogP contribution in [0.2, 0.25) is 10.0 Å². The van der Waals surface area contributed by atoms with Crippen molar-refractivity contribution < 1.29 is 22.7 Å². The quantitative estimate of drug-likeness (QED) is 0.404. The third-order valence-electron chi connectivity index (χ3n) is 5.87. The molecule has 1 fully saturated rings. The number of methoxy groups -OCH3 is 1. The molecule has 0 saturated carbocycles. The number of carbonyl (C=O) groups excluding carboxylic acids is 2. The minimum absolute atomic E-state index is 0.0118. The van der Waals surface area contributed by atoms with Crippen molar-refractivity contribution in [1.29, 1.82) is 0 Å². The molecule has 0 radical (unpaired) electrons. The van der Waals surface area contributed by atoms with Gasteiger partial charge in [0.1, 0.15) is 5.82 Å². The summed E-state index contributed by atoms with van der Waals surface area (Å²) in [5, 5.41) is 2.30. The molecule has 204 valence electrons. The Bertz CT molecular complexity index is 1560. The van der Waals surface area contributed by atoms with Gasteiger partial charge < -0.3 is 10.5 Å². The van der Waals surface area contributed by atoms with Gasteiger partial charge in [-0.1, -0.05) is 35.0 Å². The SMILES string of the molecule is COc1c(C(=O)NN2CCS(=O)(=O)CC2)nc(-c2ccc(Cl)cc2Cl)n1-c1ccc(C#CCCC(N)=O)cc1. The van der Waals surface area contributed by atoms with Gasteiger partial charge in [0.25, 0.3) is 5.91 Å². The van der Waals surface area contributed by atoms with E-state index in [1.165, 1.54) is 7.11 Å². The van der Waals surface area contributed by atoms with Crippen LogP contribution in [0.4, 0.5) is 0 Å². The number of hydrogen-bond acceptors (Lipinski definition) is 7. The molecule has 1 aliphatic heterocycles. The number of primary amides is 1. The minimum Gasteiger partial charge on any atom is -0.480 e. The first kappa shape index (κ1) is 28.4. The Kier molecular flexibility index (Phi) is 8.82. The Hall–Kier alpha value is -3.56. The molecule has 2 amide bonds. The second-order valence-corrected chi connectivity index (χ2v) is 11.8. The standard InChI is InChI=1S/C26H25Cl2N5O5S/c1-38-26-23(25(35)31-32-12-14-39(36,37)15-13-32)30-24(20-11-8-18(27)16-21(20)28)33(26)19-9-6-17(7-10-19)4-2-3-5-22(29)34/h6-11,16H,3,5,12-15H2,1H3,(H2,29,34)(H,31,35). The van der Waals surface area contributed by atoms with Crippen molar-refractivity contribution in [2.45, 2.75) is 12.8 Å². The van der Waals surface area contributed by atoms with E-state index < -0.39 is 21.7 Å². The lowest BCUT2D eigenvalue weighted by atomic mass is 10.1. The Morgan fingerprint density at radius 1 is 1.13 bits per heavy atom. The molecular formula is C26H25Cl2N5O5S. The number of hydrogen-bond donors (Lipinski definition) is 2. The lowest BCUT2D eigenvalue weighted by Crippen LogP contribution is -2.50. The van der Waals surface area contributed by atoms with Crippen LogP contribution in [0.5, 0.6) is 5.88 Å². The van der Waals surface area contributed by atoms with Gasteiger partial charge >= 0.3 is 0 Å². The number of nitrogens with two attached hydrogens (primary N) is 1. The van der Waals surface area contributed by atoms with Crippen LogP contribution >= 0.6 is 23.2 Å². The summed E-state index contributed by atoms with van der Waals surface area (Å²) in [6.07, 6.45) is 0.535. The van der Waals surface area contributed by atoms with E-state index in [9.17, 15) is 18.0 Å². The highest BCUT2D eigenvalue weighted by molar-refractivity contribution is 7.91. The van der Waals surface area contributed by atoms with Crippen molar-refractivity contribution in [3.05, 3.63) is 63.8 Å². The molecule has 0 bridgehead atoms. The molecular weight excluding hydrogens is 565 g/mol. The molecule has 0 aliphatic carbocycles. The number of ether oxygens (including phenoxy) is 1. The van der Waals surface area contributed by atoms with E-state index in [1.807, 2.05) is 0 Å². The van der Waals surface area contributed by atoms with Gasteiger partial charge in [-0.15, -0.1) is 0 Å². The average molecular weight is 590 g/mol. The summed E-state index contributed by atoms with van der Waals surface area (Å²) in [7, 11) is -1.70. The largest absolute Gasteiger partial charge is 0.480 e. The number of halogens is 2. The summed E-state index contributed by atoms with van der Waals surface area (Å²) in [5.74, 6) is 5.29. The maximum atomic E-state index is 13.3. The van der Waals surface area contributed by atoms with E-state index in [0.29, 0.717) is 39.1 Å². The van der Waals surface area contributed by atoms with Gasteiger partial charge in [-0.05, 0) is 42.5 Å². The van der Waals surface area contributed by atoms with Crippen molar-refractivity contribution in [3.8, 4) is 34.8 Å². The molecule has 0 unspecified atom stereocenters. The number of sulfone groups is 1. The zero-order chi connectivity index (χ0) is 28.2. The fourth-order valence-corrected chi connectivity index (χ4v) is 5.59. The first-order valence-corrected chi connectivity index (χ1v) is 14.4. The summed E-state index contributed by atoms with van der Waals surface area (Å²) in [4.78, 5) is 28.8. The fraction of sp³-hybridized carbons (Fsp3) is 0.269. The first-order chi connectivity index (χ1) is 18.6. The van der Waals surface area contributed by atoms with Crippen LogP contribution in [-0.4, -0.2) is 66.5 Å². The highest BCUT2D eigenvalue weighted by Crippen LogP contribution is 2.36. The van der Waals surface area contributed by atoms with Crippen molar-refractivity contribution in [3.63, 3.8) is 0 Å². The van der Waals surface area contributed by atoms with Gasteiger partial charge in [0.05, 0.1) is 29.3 Å². The molecule has 39 heavy (non-hydrogen) atoms. The van der Waals surface area contributed by atoms with E-state index in [-0.39, 0.29) is 42.6 Å². The van der Waals surface area contributed by atoms with E-state index in [1.54, 1.807) is 52.0 Å². The average Bonchev–Trinajstić information content (AvgIpc) is 3.27. The molecule has 13 heteroatoms. The molecule has 3 N–H and O–H groups in total. The molecule has 1 aromatic heterocycles. The second kappa shape index (κ2) is 12.1. The fourth-order valence-electron chi connectivity index (χ4n) is 3.90. The van der Waals surface area contributed by atoms with Gasteiger partial charge in [-0.2, -0.15) is 0 Å². The smallest absolute Gasteiger partial charge is 0.289 e. The molecule has 0 atom stereocenters. The Morgan fingerprint density at radius 2 is 1.82 bits per heavy atom. The topological polar surface area (TPSA) is 137 Å². The van der Waals surface area contributed by atoms with Crippen molar-refractivity contribution >= 4 is 44.9 Å². The second-order valence-electron chi connectivity index (χ2n) is 8.65. The number of nitrogens with one attached hydrogen (secondary N) is 1. The number of rotatable bonds is 7. The maximum absolute atomic E-state index is 13.3. The minimum atomic E-state index is -3.12. The number of aromatic nitrogens is 2. The molecule has 1 aliphatic rings. The van der Waals surface area contributed by atoms with Gasteiger partial charge in [-0.3, -0.25) is 19.6 Å². The highest BCUT2D eigenvalue weighted by Gasteiger charge is 2.29. The number of benzene rings is 2. The van der Waals surface area contributed by atoms with Crippen molar-refractivity contribution in [2.24, 2.45) is 5.73 Å². The summed E-state index contributed by atoms with van der Waals surface area (Å²) < 4.78 is 30.8. The molecule has 1 saturated heterocycles. The predicted octanol–water partition coefficient (Wildman–Crippen LogP) is 2.85.